The van der Waals surface area contributed by atoms with Gasteiger partial charge in [0, 0.05) is 4.47 Å². The molecule has 0 amide bonds. The monoisotopic (exact) mass is 304 g/mol. The van der Waals surface area contributed by atoms with E-state index in [2.05, 4.69) is 20.9 Å². The van der Waals surface area contributed by atoms with Gasteiger partial charge in [0.2, 0.25) is 0 Å². The summed E-state index contributed by atoms with van der Waals surface area (Å²) in [5.74, 6) is 0.0699. The van der Waals surface area contributed by atoms with Gasteiger partial charge in [0.15, 0.2) is 0 Å². The topological polar surface area (TPSA) is 58.0 Å². The number of phenolic OH excluding ortho intramolecular Hbond substituents is 1. The fraction of sp³-hybridized carbons (Fsp3) is 0. The average Bonchev–Trinajstić information content (AvgIpc) is 2.69. The Kier molecular flexibility index (Phi) is 2.48. The summed E-state index contributed by atoms with van der Waals surface area (Å²) in [6, 6.07) is 12.4. The van der Waals surface area contributed by atoms with Gasteiger partial charge in [0.25, 0.3) is 0 Å². The molecule has 0 atom stereocenters. The van der Waals surface area contributed by atoms with Crippen LogP contribution in [0.25, 0.3) is 16.7 Å². The number of fused-ring (bicyclic) bond motifs is 1. The van der Waals surface area contributed by atoms with Gasteiger partial charge in [-0.2, -0.15) is 0 Å². The second-order valence-corrected chi connectivity index (χ2v) is 4.83. The summed E-state index contributed by atoms with van der Waals surface area (Å²) in [7, 11) is 0. The lowest BCUT2D eigenvalue weighted by Crippen LogP contribution is -2.14. The summed E-state index contributed by atoms with van der Waals surface area (Å²) in [4.78, 5) is 14.6. The minimum Gasteiger partial charge on any atom is -0.506 e. The van der Waals surface area contributed by atoms with Gasteiger partial charge in [-0.25, -0.2) is 4.79 Å². The van der Waals surface area contributed by atoms with Gasteiger partial charge in [-0.3, -0.25) is 4.57 Å². The minimum absolute atomic E-state index is 0.0699. The molecule has 1 heterocycles. The first kappa shape index (κ1) is 11.1. The third-order valence-corrected chi connectivity index (χ3v) is 3.31. The molecule has 0 saturated heterocycles. The Bertz CT molecular complexity index is 772. The number of aromatic amines is 1. The van der Waals surface area contributed by atoms with Crippen LogP contribution in [0.5, 0.6) is 5.75 Å². The van der Waals surface area contributed by atoms with E-state index in [1.165, 1.54) is 4.57 Å². The first-order chi connectivity index (χ1) is 8.66. The maximum atomic E-state index is 12.0. The SMILES string of the molecule is O=c1[nH]c2c(O)cccc2n1-c1ccc(Br)cc1. The van der Waals surface area contributed by atoms with Gasteiger partial charge in [0.1, 0.15) is 11.3 Å². The third kappa shape index (κ3) is 1.64. The number of benzene rings is 2. The molecular formula is C13H9BrN2O2. The van der Waals surface area contributed by atoms with Gasteiger partial charge in [-0.05, 0) is 36.4 Å². The largest absolute Gasteiger partial charge is 0.506 e. The molecule has 0 aliphatic rings. The van der Waals surface area contributed by atoms with Crippen molar-refractivity contribution in [3.8, 4) is 11.4 Å². The smallest absolute Gasteiger partial charge is 0.331 e. The predicted octanol–water partition coefficient (Wildman–Crippen LogP) is 2.79. The Morgan fingerprint density at radius 3 is 2.56 bits per heavy atom. The van der Waals surface area contributed by atoms with Crippen molar-refractivity contribution in [3.63, 3.8) is 0 Å². The number of rotatable bonds is 1. The Balaban J connectivity index is 2.35. The fourth-order valence-electron chi connectivity index (χ4n) is 1.96. The maximum absolute atomic E-state index is 12.0. The van der Waals surface area contributed by atoms with E-state index < -0.39 is 0 Å². The zero-order valence-electron chi connectivity index (χ0n) is 9.22. The molecule has 2 aromatic carbocycles. The van der Waals surface area contributed by atoms with Crippen molar-refractivity contribution in [2.45, 2.75) is 0 Å². The number of hydrogen-bond donors (Lipinski definition) is 2. The number of aromatic hydroxyl groups is 1. The number of nitrogens with one attached hydrogen (secondary N) is 1. The van der Waals surface area contributed by atoms with E-state index in [0.29, 0.717) is 11.0 Å². The molecule has 0 spiro atoms. The molecule has 2 N–H and O–H groups in total. The summed E-state index contributed by atoms with van der Waals surface area (Å²) < 4.78 is 2.48. The molecule has 0 saturated carbocycles. The number of halogens is 1. The summed E-state index contributed by atoms with van der Waals surface area (Å²) >= 11 is 3.35. The van der Waals surface area contributed by atoms with Gasteiger partial charge in [-0.1, -0.05) is 22.0 Å². The molecule has 0 unspecified atom stereocenters. The first-order valence-corrected chi connectivity index (χ1v) is 6.15. The molecule has 0 radical (unpaired) electrons. The molecule has 18 heavy (non-hydrogen) atoms. The summed E-state index contributed by atoms with van der Waals surface area (Å²) in [6.45, 7) is 0. The zero-order chi connectivity index (χ0) is 12.7. The van der Waals surface area contributed by atoms with Gasteiger partial charge < -0.3 is 10.1 Å². The second-order valence-electron chi connectivity index (χ2n) is 3.91. The van der Waals surface area contributed by atoms with Crippen LogP contribution in [-0.2, 0) is 0 Å². The molecule has 5 heteroatoms. The molecule has 1 aromatic heterocycles. The van der Waals surface area contributed by atoms with Crippen LogP contribution in [0, 0.1) is 0 Å². The number of hydrogen-bond acceptors (Lipinski definition) is 2. The van der Waals surface area contributed by atoms with Crippen molar-refractivity contribution in [3.05, 3.63) is 57.4 Å². The molecule has 90 valence electrons. The van der Waals surface area contributed by atoms with Crippen LogP contribution in [0.4, 0.5) is 0 Å². The highest BCUT2D eigenvalue weighted by Crippen LogP contribution is 2.23. The number of H-pyrrole nitrogens is 1. The van der Waals surface area contributed by atoms with E-state index in [-0.39, 0.29) is 11.4 Å². The first-order valence-electron chi connectivity index (χ1n) is 5.35. The predicted molar refractivity (Wildman–Crippen MR) is 73.3 cm³/mol. The Morgan fingerprint density at radius 1 is 1.11 bits per heavy atom. The van der Waals surface area contributed by atoms with Crippen LogP contribution >= 0.6 is 15.9 Å². The maximum Gasteiger partial charge on any atom is 0.331 e. The highest BCUT2D eigenvalue weighted by Gasteiger charge is 2.10. The number of imidazole rings is 1. The van der Waals surface area contributed by atoms with E-state index in [1.807, 2.05) is 24.3 Å². The average molecular weight is 305 g/mol. The van der Waals surface area contributed by atoms with Gasteiger partial charge in [-0.15, -0.1) is 0 Å². The van der Waals surface area contributed by atoms with E-state index in [9.17, 15) is 9.90 Å². The number of aromatic nitrogens is 2. The van der Waals surface area contributed by atoms with Crippen LogP contribution in [0.1, 0.15) is 0 Å². The minimum atomic E-state index is -0.270. The van der Waals surface area contributed by atoms with Crippen LogP contribution in [0.3, 0.4) is 0 Å². The van der Waals surface area contributed by atoms with Crippen LogP contribution in [0.15, 0.2) is 51.7 Å². The van der Waals surface area contributed by atoms with E-state index in [1.54, 1.807) is 18.2 Å². The lowest BCUT2D eigenvalue weighted by molar-refractivity contribution is 0.480. The normalized spacial score (nSPS) is 10.9. The molecule has 0 bridgehead atoms. The molecule has 0 fully saturated rings. The molecule has 0 aliphatic carbocycles. The van der Waals surface area contributed by atoms with Crippen molar-refractivity contribution in [1.29, 1.82) is 0 Å². The third-order valence-electron chi connectivity index (χ3n) is 2.78. The van der Waals surface area contributed by atoms with Crippen LogP contribution < -0.4 is 5.69 Å². The van der Waals surface area contributed by atoms with E-state index >= 15 is 0 Å². The van der Waals surface area contributed by atoms with E-state index in [4.69, 9.17) is 0 Å². The van der Waals surface area contributed by atoms with Crippen LogP contribution in [0.2, 0.25) is 0 Å². The highest BCUT2D eigenvalue weighted by molar-refractivity contribution is 9.10. The zero-order valence-corrected chi connectivity index (χ0v) is 10.8. The molecular weight excluding hydrogens is 296 g/mol. The lowest BCUT2D eigenvalue weighted by Gasteiger charge is -2.03. The molecule has 4 nitrogen and oxygen atoms in total. The van der Waals surface area contributed by atoms with Crippen molar-refractivity contribution in [2.24, 2.45) is 0 Å². The Hall–Kier alpha value is -2.01. The van der Waals surface area contributed by atoms with Crippen molar-refractivity contribution >= 4 is 27.0 Å². The quantitative estimate of drug-likeness (QED) is 0.726. The standard InChI is InChI=1S/C13H9BrN2O2/c14-8-4-6-9(7-5-8)16-10-2-1-3-11(17)12(10)15-13(16)18/h1-7,17H,(H,15,18). The molecule has 3 aromatic rings. The summed E-state index contributed by atoms with van der Waals surface area (Å²) in [5, 5.41) is 9.71. The summed E-state index contributed by atoms with van der Waals surface area (Å²) in [5.41, 5.74) is 1.58. The summed E-state index contributed by atoms with van der Waals surface area (Å²) in [6.07, 6.45) is 0. The second kappa shape index (κ2) is 4.03. The molecule has 0 aliphatic heterocycles. The van der Waals surface area contributed by atoms with Crippen molar-refractivity contribution in [1.82, 2.24) is 9.55 Å². The number of para-hydroxylation sites is 1. The Morgan fingerprint density at radius 2 is 1.83 bits per heavy atom. The number of nitrogens with zero attached hydrogens (tertiary/aromatic N) is 1. The lowest BCUT2D eigenvalue weighted by atomic mass is 10.2. The highest BCUT2D eigenvalue weighted by atomic mass is 79.9. The van der Waals surface area contributed by atoms with Crippen LogP contribution in [-0.4, -0.2) is 14.7 Å². The molecule has 3 rings (SSSR count). The van der Waals surface area contributed by atoms with E-state index in [0.717, 1.165) is 10.2 Å². The van der Waals surface area contributed by atoms with Crippen molar-refractivity contribution in [2.75, 3.05) is 0 Å². The van der Waals surface area contributed by atoms with Gasteiger partial charge in [0.05, 0.1) is 11.2 Å². The van der Waals surface area contributed by atoms with Crippen molar-refractivity contribution < 1.29 is 5.11 Å². The number of phenols is 1. The van der Waals surface area contributed by atoms with Gasteiger partial charge >= 0.3 is 5.69 Å². The fourth-order valence-corrected chi connectivity index (χ4v) is 2.23. The Labute approximate surface area is 111 Å².